The lowest BCUT2D eigenvalue weighted by atomic mass is 9.77. The van der Waals surface area contributed by atoms with E-state index in [9.17, 15) is 9.90 Å². The highest BCUT2D eigenvalue weighted by molar-refractivity contribution is 5.83. The molecule has 28 heavy (non-hydrogen) atoms. The molecule has 3 rings (SSSR count). The number of amides is 1. The van der Waals surface area contributed by atoms with Crippen LogP contribution in [0.3, 0.4) is 0 Å². The molecule has 3 N–H and O–H groups in total. The SMILES string of the molecule is CC(C)C[C@H](NC(=O)[C@H]1NCO[C@@H]1C)C(O)(c1ccccc1)c1ccccc1. The molecular weight excluding hydrogens is 352 g/mol. The third kappa shape index (κ3) is 4.27. The number of carbonyl (C=O) groups excluding carboxylic acids is 1. The predicted octanol–water partition coefficient (Wildman–Crippen LogP) is 2.79. The molecule has 0 radical (unpaired) electrons. The van der Waals surface area contributed by atoms with Gasteiger partial charge in [0, 0.05) is 0 Å². The van der Waals surface area contributed by atoms with E-state index < -0.39 is 17.7 Å². The van der Waals surface area contributed by atoms with E-state index in [0.717, 1.165) is 11.1 Å². The molecule has 3 atom stereocenters. The second-order valence-corrected chi connectivity index (χ2v) is 7.89. The minimum absolute atomic E-state index is 0.152. The van der Waals surface area contributed by atoms with Gasteiger partial charge >= 0.3 is 0 Å². The minimum atomic E-state index is -1.34. The van der Waals surface area contributed by atoms with Gasteiger partial charge in [-0.1, -0.05) is 74.5 Å². The van der Waals surface area contributed by atoms with Crippen molar-refractivity contribution in [3.8, 4) is 0 Å². The predicted molar refractivity (Wildman–Crippen MR) is 110 cm³/mol. The zero-order chi connectivity index (χ0) is 20.1. The first-order chi connectivity index (χ1) is 13.4. The van der Waals surface area contributed by atoms with Crippen LogP contribution < -0.4 is 10.6 Å². The standard InChI is InChI=1S/C23H30N2O3/c1-16(2)14-20(25-22(26)21-17(3)28-15-24-21)23(27,18-10-6-4-7-11-18)19-12-8-5-9-13-19/h4-13,16-17,20-21,24,27H,14-15H2,1-3H3,(H,25,26)/t17-,20+,21+/m1/s1. The second-order valence-electron chi connectivity index (χ2n) is 7.89. The number of hydrogen-bond acceptors (Lipinski definition) is 4. The largest absolute Gasteiger partial charge is 0.378 e. The Labute approximate surface area is 167 Å². The Balaban J connectivity index is 2.01. The molecule has 0 aliphatic carbocycles. The fourth-order valence-electron chi connectivity index (χ4n) is 3.86. The summed E-state index contributed by atoms with van der Waals surface area (Å²) >= 11 is 0. The zero-order valence-corrected chi connectivity index (χ0v) is 16.8. The Hall–Kier alpha value is -2.21. The number of ether oxygens (including phenoxy) is 1. The summed E-state index contributed by atoms with van der Waals surface area (Å²) in [6.07, 6.45) is 0.426. The summed E-state index contributed by atoms with van der Waals surface area (Å²) in [4.78, 5) is 13.0. The molecule has 2 aromatic rings. The minimum Gasteiger partial charge on any atom is -0.378 e. The summed E-state index contributed by atoms with van der Waals surface area (Å²) in [7, 11) is 0. The maximum Gasteiger partial charge on any atom is 0.240 e. The average Bonchev–Trinajstić information content (AvgIpc) is 3.14. The van der Waals surface area contributed by atoms with Crippen LogP contribution in [-0.2, 0) is 15.1 Å². The molecule has 1 amide bonds. The fraction of sp³-hybridized carbons (Fsp3) is 0.435. The summed E-state index contributed by atoms with van der Waals surface area (Å²) in [5.74, 6) is 0.135. The lowest BCUT2D eigenvalue weighted by molar-refractivity contribution is -0.126. The molecule has 1 aliphatic rings. The molecule has 0 aromatic heterocycles. The highest BCUT2D eigenvalue weighted by atomic mass is 16.5. The summed E-state index contributed by atoms with van der Waals surface area (Å²) in [6, 6.07) is 18.2. The Morgan fingerprint density at radius 2 is 1.68 bits per heavy atom. The van der Waals surface area contributed by atoms with Crippen molar-refractivity contribution in [3.05, 3.63) is 71.8 Å². The van der Waals surface area contributed by atoms with E-state index in [0.29, 0.717) is 13.2 Å². The summed E-state index contributed by atoms with van der Waals surface area (Å²) in [6.45, 7) is 6.42. The van der Waals surface area contributed by atoms with Crippen LogP contribution in [0.1, 0.15) is 38.3 Å². The van der Waals surface area contributed by atoms with Crippen molar-refractivity contribution < 1.29 is 14.6 Å². The molecule has 5 heteroatoms. The molecule has 2 aromatic carbocycles. The van der Waals surface area contributed by atoms with Gasteiger partial charge in [-0.15, -0.1) is 0 Å². The van der Waals surface area contributed by atoms with Crippen molar-refractivity contribution in [1.82, 2.24) is 10.6 Å². The van der Waals surface area contributed by atoms with E-state index in [1.54, 1.807) is 0 Å². The van der Waals surface area contributed by atoms with E-state index in [-0.39, 0.29) is 17.9 Å². The highest BCUT2D eigenvalue weighted by Gasteiger charge is 2.43. The first-order valence-electron chi connectivity index (χ1n) is 9.91. The van der Waals surface area contributed by atoms with E-state index in [1.807, 2.05) is 67.6 Å². The number of hydrogen-bond donors (Lipinski definition) is 3. The highest BCUT2D eigenvalue weighted by Crippen LogP contribution is 2.35. The van der Waals surface area contributed by atoms with Crippen molar-refractivity contribution in [3.63, 3.8) is 0 Å². The zero-order valence-electron chi connectivity index (χ0n) is 16.8. The van der Waals surface area contributed by atoms with Gasteiger partial charge in [-0.05, 0) is 30.4 Å². The summed E-state index contributed by atoms with van der Waals surface area (Å²) in [5, 5.41) is 18.3. The van der Waals surface area contributed by atoms with Gasteiger partial charge in [-0.2, -0.15) is 0 Å². The number of nitrogens with one attached hydrogen (secondary N) is 2. The monoisotopic (exact) mass is 382 g/mol. The molecule has 1 fully saturated rings. The molecule has 150 valence electrons. The van der Waals surface area contributed by atoms with Gasteiger partial charge in [-0.25, -0.2) is 0 Å². The van der Waals surface area contributed by atoms with Crippen LogP contribution in [0.15, 0.2) is 60.7 Å². The topological polar surface area (TPSA) is 70.6 Å². The average molecular weight is 383 g/mol. The lowest BCUT2D eigenvalue weighted by Gasteiger charge is -2.39. The van der Waals surface area contributed by atoms with Crippen LogP contribution in [0.5, 0.6) is 0 Å². The Morgan fingerprint density at radius 3 is 2.11 bits per heavy atom. The normalized spacial score (nSPS) is 20.9. The summed E-state index contributed by atoms with van der Waals surface area (Å²) < 4.78 is 5.47. The first-order valence-corrected chi connectivity index (χ1v) is 9.91. The van der Waals surface area contributed by atoms with Crippen molar-refractivity contribution in [2.24, 2.45) is 5.92 Å². The van der Waals surface area contributed by atoms with Crippen molar-refractivity contribution in [1.29, 1.82) is 0 Å². The maximum absolute atomic E-state index is 13.0. The third-order valence-corrected chi connectivity index (χ3v) is 5.36. The van der Waals surface area contributed by atoms with Gasteiger partial charge < -0.3 is 15.2 Å². The van der Waals surface area contributed by atoms with Gasteiger partial charge in [0.15, 0.2) is 0 Å². The smallest absolute Gasteiger partial charge is 0.240 e. The van der Waals surface area contributed by atoms with Crippen LogP contribution in [0, 0.1) is 5.92 Å². The Morgan fingerprint density at radius 1 is 1.14 bits per heavy atom. The molecule has 0 spiro atoms. The molecule has 1 aliphatic heterocycles. The van der Waals surface area contributed by atoms with Crippen LogP contribution in [0.4, 0.5) is 0 Å². The van der Waals surface area contributed by atoms with Crippen molar-refractivity contribution >= 4 is 5.91 Å². The van der Waals surface area contributed by atoms with Gasteiger partial charge in [0.1, 0.15) is 11.6 Å². The third-order valence-electron chi connectivity index (χ3n) is 5.36. The second kappa shape index (κ2) is 8.86. The van der Waals surface area contributed by atoms with E-state index >= 15 is 0 Å². The molecule has 0 unspecified atom stereocenters. The molecule has 5 nitrogen and oxygen atoms in total. The van der Waals surface area contributed by atoms with Gasteiger partial charge in [0.2, 0.25) is 5.91 Å². The quantitative estimate of drug-likeness (QED) is 0.689. The Bertz CT molecular complexity index is 724. The van der Waals surface area contributed by atoms with Crippen LogP contribution in [-0.4, -0.2) is 35.9 Å². The van der Waals surface area contributed by atoms with E-state index in [1.165, 1.54) is 0 Å². The Kier molecular flexibility index (Phi) is 6.50. The lowest BCUT2D eigenvalue weighted by Crippen LogP contribution is -2.56. The molecular formula is C23H30N2O3. The van der Waals surface area contributed by atoms with Crippen molar-refractivity contribution in [2.45, 2.75) is 51.0 Å². The van der Waals surface area contributed by atoms with Gasteiger partial charge in [-0.3, -0.25) is 10.1 Å². The van der Waals surface area contributed by atoms with Crippen LogP contribution in [0.25, 0.3) is 0 Å². The summed E-state index contributed by atoms with van der Waals surface area (Å²) in [5.41, 5.74) is 0.178. The van der Waals surface area contributed by atoms with Crippen molar-refractivity contribution in [2.75, 3.05) is 6.73 Å². The number of benzene rings is 2. The maximum atomic E-state index is 13.0. The number of aliphatic hydroxyl groups is 1. The fourth-order valence-corrected chi connectivity index (χ4v) is 3.86. The molecule has 0 bridgehead atoms. The van der Waals surface area contributed by atoms with Crippen LogP contribution in [0.2, 0.25) is 0 Å². The number of carbonyl (C=O) groups is 1. The van der Waals surface area contributed by atoms with E-state index in [4.69, 9.17) is 4.74 Å². The van der Waals surface area contributed by atoms with Crippen LogP contribution >= 0.6 is 0 Å². The molecule has 1 heterocycles. The molecule has 1 saturated heterocycles. The van der Waals surface area contributed by atoms with Gasteiger partial charge in [0.05, 0.1) is 18.9 Å². The molecule has 0 saturated carbocycles. The first kappa shape index (κ1) is 20.5. The van der Waals surface area contributed by atoms with E-state index in [2.05, 4.69) is 24.5 Å². The van der Waals surface area contributed by atoms with Gasteiger partial charge in [0.25, 0.3) is 0 Å². The number of rotatable bonds is 7.